The molecule has 5 nitrogen and oxygen atoms in total. The molecule has 1 heterocycles. The Balaban J connectivity index is 1.70. The summed E-state index contributed by atoms with van der Waals surface area (Å²) in [4.78, 5) is 12.7. The summed E-state index contributed by atoms with van der Waals surface area (Å²) in [6.45, 7) is 2.55. The van der Waals surface area contributed by atoms with Crippen molar-refractivity contribution in [3.8, 4) is 5.75 Å². The SMILES string of the molecule is CN1CC(c2ccccc2)(c2cc(CCCOCCC(=O)O)ccc2O)C1. The summed E-state index contributed by atoms with van der Waals surface area (Å²) in [7, 11) is 2.09. The van der Waals surface area contributed by atoms with Crippen LogP contribution in [-0.4, -0.2) is 54.4 Å². The Kier molecular flexibility index (Phi) is 6.14. The first-order valence-corrected chi connectivity index (χ1v) is 9.37. The van der Waals surface area contributed by atoms with Gasteiger partial charge in [0.2, 0.25) is 0 Å². The van der Waals surface area contributed by atoms with Crippen LogP contribution >= 0.6 is 0 Å². The van der Waals surface area contributed by atoms with Gasteiger partial charge in [-0.1, -0.05) is 42.5 Å². The first-order chi connectivity index (χ1) is 13.0. The monoisotopic (exact) mass is 369 g/mol. The van der Waals surface area contributed by atoms with E-state index in [-0.39, 0.29) is 18.4 Å². The Labute approximate surface area is 160 Å². The molecule has 3 rings (SSSR count). The lowest BCUT2D eigenvalue weighted by molar-refractivity contribution is -0.138. The average Bonchev–Trinajstić information content (AvgIpc) is 2.63. The zero-order chi connectivity index (χ0) is 19.3. The van der Waals surface area contributed by atoms with Gasteiger partial charge in [0.1, 0.15) is 5.75 Å². The van der Waals surface area contributed by atoms with E-state index in [2.05, 4.69) is 30.1 Å². The molecule has 1 aliphatic heterocycles. The van der Waals surface area contributed by atoms with E-state index < -0.39 is 5.97 Å². The third kappa shape index (κ3) is 4.49. The van der Waals surface area contributed by atoms with E-state index >= 15 is 0 Å². The van der Waals surface area contributed by atoms with Gasteiger partial charge in [-0.15, -0.1) is 0 Å². The smallest absolute Gasteiger partial charge is 0.305 e. The van der Waals surface area contributed by atoms with Crippen molar-refractivity contribution < 1.29 is 19.7 Å². The second kappa shape index (κ2) is 8.55. The second-order valence-electron chi connectivity index (χ2n) is 7.33. The van der Waals surface area contributed by atoms with Gasteiger partial charge in [0.15, 0.2) is 0 Å². The predicted octanol–water partition coefficient (Wildman–Crippen LogP) is 3.05. The van der Waals surface area contributed by atoms with Crippen molar-refractivity contribution in [2.45, 2.75) is 24.7 Å². The number of carboxylic acids is 1. The fraction of sp³-hybridized carbons (Fsp3) is 0.409. The molecule has 1 fully saturated rings. The average molecular weight is 369 g/mol. The predicted molar refractivity (Wildman–Crippen MR) is 104 cm³/mol. The number of nitrogens with zero attached hydrogens (tertiary/aromatic N) is 1. The molecule has 1 aliphatic rings. The van der Waals surface area contributed by atoms with Crippen LogP contribution in [0.5, 0.6) is 5.75 Å². The fourth-order valence-corrected chi connectivity index (χ4v) is 3.90. The molecular weight excluding hydrogens is 342 g/mol. The molecule has 2 aromatic rings. The van der Waals surface area contributed by atoms with Gasteiger partial charge in [-0.25, -0.2) is 0 Å². The van der Waals surface area contributed by atoms with E-state index in [9.17, 15) is 9.90 Å². The molecule has 5 heteroatoms. The number of hydrogen-bond donors (Lipinski definition) is 2. The number of phenols is 1. The minimum Gasteiger partial charge on any atom is -0.508 e. The third-order valence-corrected chi connectivity index (χ3v) is 5.20. The number of aryl methyl sites for hydroxylation is 1. The lowest BCUT2D eigenvalue weighted by atomic mass is 9.68. The molecular formula is C22H27NO4. The van der Waals surface area contributed by atoms with Crippen molar-refractivity contribution >= 4 is 5.97 Å². The molecule has 0 saturated carbocycles. The number of phenolic OH excluding ortho intramolecular Hbond substituents is 1. The molecule has 0 atom stereocenters. The first-order valence-electron chi connectivity index (χ1n) is 9.37. The van der Waals surface area contributed by atoms with Crippen LogP contribution in [-0.2, 0) is 21.4 Å². The highest BCUT2D eigenvalue weighted by Crippen LogP contribution is 2.44. The maximum absolute atomic E-state index is 10.6. The number of rotatable bonds is 9. The van der Waals surface area contributed by atoms with Gasteiger partial charge in [0, 0.05) is 30.7 Å². The van der Waals surface area contributed by atoms with E-state index in [1.807, 2.05) is 24.3 Å². The fourth-order valence-electron chi connectivity index (χ4n) is 3.90. The summed E-state index contributed by atoms with van der Waals surface area (Å²) in [5, 5.41) is 19.2. The summed E-state index contributed by atoms with van der Waals surface area (Å²) in [6.07, 6.45) is 1.69. The lowest BCUT2D eigenvalue weighted by Crippen LogP contribution is -2.58. The summed E-state index contributed by atoms with van der Waals surface area (Å²) >= 11 is 0. The van der Waals surface area contributed by atoms with E-state index in [1.165, 1.54) is 5.56 Å². The Bertz CT molecular complexity index is 769. The molecule has 0 spiro atoms. The second-order valence-corrected chi connectivity index (χ2v) is 7.33. The maximum atomic E-state index is 10.6. The number of hydrogen-bond acceptors (Lipinski definition) is 4. The molecule has 0 aliphatic carbocycles. The van der Waals surface area contributed by atoms with Crippen LogP contribution in [0, 0.1) is 0 Å². The van der Waals surface area contributed by atoms with E-state index in [4.69, 9.17) is 9.84 Å². The number of benzene rings is 2. The largest absolute Gasteiger partial charge is 0.508 e. The highest BCUT2D eigenvalue weighted by molar-refractivity contribution is 5.66. The van der Waals surface area contributed by atoms with Crippen LogP contribution in [0.15, 0.2) is 48.5 Å². The van der Waals surface area contributed by atoms with Gasteiger partial charge in [-0.05, 0) is 37.1 Å². The van der Waals surface area contributed by atoms with Gasteiger partial charge in [-0.3, -0.25) is 4.79 Å². The molecule has 0 bridgehead atoms. The van der Waals surface area contributed by atoms with E-state index in [0.29, 0.717) is 12.4 Å². The number of likely N-dealkylation sites (N-methyl/N-ethyl adjacent to an activating group) is 1. The quantitative estimate of drug-likeness (QED) is 0.665. The number of carboxylic acid groups (broad SMARTS) is 1. The van der Waals surface area contributed by atoms with Crippen LogP contribution in [0.1, 0.15) is 29.5 Å². The summed E-state index contributed by atoms with van der Waals surface area (Å²) in [5.41, 5.74) is 3.20. The minimum absolute atomic E-state index is 0.0382. The van der Waals surface area contributed by atoms with Gasteiger partial charge in [0.25, 0.3) is 0 Å². The lowest BCUT2D eigenvalue weighted by Gasteiger charge is -2.49. The minimum atomic E-state index is -0.838. The molecule has 0 amide bonds. The van der Waals surface area contributed by atoms with Crippen LogP contribution in [0.4, 0.5) is 0 Å². The molecule has 2 N–H and O–H groups in total. The van der Waals surface area contributed by atoms with E-state index in [0.717, 1.165) is 37.1 Å². The van der Waals surface area contributed by atoms with Crippen molar-refractivity contribution in [3.05, 3.63) is 65.2 Å². The third-order valence-electron chi connectivity index (χ3n) is 5.20. The number of ether oxygens (including phenoxy) is 1. The Morgan fingerprint density at radius 2 is 1.89 bits per heavy atom. The van der Waals surface area contributed by atoms with Crippen molar-refractivity contribution in [1.82, 2.24) is 4.90 Å². The van der Waals surface area contributed by atoms with Gasteiger partial charge in [-0.2, -0.15) is 0 Å². The van der Waals surface area contributed by atoms with Crippen LogP contribution < -0.4 is 0 Å². The normalized spacial score (nSPS) is 16.0. The first kappa shape index (κ1) is 19.4. The number of likely N-dealkylation sites (tertiary alicyclic amines) is 1. The van der Waals surface area contributed by atoms with Crippen molar-refractivity contribution in [2.75, 3.05) is 33.4 Å². The van der Waals surface area contributed by atoms with Gasteiger partial charge >= 0.3 is 5.97 Å². The molecule has 27 heavy (non-hydrogen) atoms. The van der Waals surface area contributed by atoms with Crippen molar-refractivity contribution in [1.29, 1.82) is 0 Å². The summed E-state index contributed by atoms with van der Waals surface area (Å²) in [6, 6.07) is 16.2. The van der Waals surface area contributed by atoms with Crippen LogP contribution in [0.2, 0.25) is 0 Å². The highest BCUT2D eigenvalue weighted by atomic mass is 16.5. The van der Waals surface area contributed by atoms with Gasteiger partial charge in [0.05, 0.1) is 13.0 Å². The summed E-state index contributed by atoms with van der Waals surface area (Å²) in [5.74, 6) is -0.497. The summed E-state index contributed by atoms with van der Waals surface area (Å²) < 4.78 is 5.37. The molecule has 1 saturated heterocycles. The molecule has 2 aromatic carbocycles. The maximum Gasteiger partial charge on any atom is 0.305 e. The Morgan fingerprint density at radius 1 is 1.15 bits per heavy atom. The molecule has 144 valence electrons. The molecule has 0 aromatic heterocycles. The van der Waals surface area contributed by atoms with E-state index in [1.54, 1.807) is 6.07 Å². The highest BCUT2D eigenvalue weighted by Gasteiger charge is 2.45. The van der Waals surface area contributed by atoms with Crippen molar-refractivity contribution in [2.24, 2.45) is 0 Å². The van der Waals surface area contributed by atoms with Gasteiger partial charge < -0.3 is 19.8 Å². The number of carbonyl (C=O) groups is 1. The topological polar surface area (TPSA) is 70.0 Å². The van der Waals surface area contributed by atoms with Crippen LogP contribution in [0.25, 0.3) is 0 Å². The molecule has 0 radical (unpaired) electrons. The standard InChI is InChI=1S/C22H27NO4/c1-23-15-22(16-23,18-7-3-2-4-8-18)19-14-17(9-10-20(19)24)6-5-12-27-13-11-21(25)26/h2-4,7-10,14,24H,5-6,11-13,15-16H2,1H3,(H,25,26). The number of aliphatic carboxylic acids is 1. The van der Waals surface area contributed by atoms with Crippen LogP contribution in [0.3, 0.4) is 0 Å². The Morgan fingerprint density at radius 3 is 2.56 bits per heavy atom. The molecule has 0 unspecified atom stereocenters. The zero-order valence-corrected chi connectivity index (χ0v) is 15.7. The number of aromatic hydroxyl groups is 1. The van der Waals surface area contributed by atoms with Crippen molar-refractivity contribution in [3.63, 3.8) is 0 Å². The Hall–Kier alpha value is -2.37. The zero-order valence-electron chi connectivity index (χ0n) is 15.7.